The van der Waals surface area contributed by atoms with E-state index in [1.165, 1.54) is 29.3 Å². The molecule has 3 rings (SSSR count). The zero-order chi connectivity index (χ0) is 21.7. The van der Waals surface area contributed by atoms with Crippen LogP contribution in [-0.4, -0.2) is 56.4 Å². The molecule has 1 heterocycles. The molecule has 1 aromatic rings. The van der Waals surface area contributed by atoms with Gasteiger partial charge < -0.3 is 10.1 Å². The van der Waals surface area contributed by atoms with Crippen molar-refractivity contribution in [2.24, 2.45) is 11.8 Å². The zero-order valence-corrected chi connectivity index (χ0v) is 18.0. The SMILES string of the molecule is Cc1ccc([N+](=O)[O-])cc1S(=O)(=O)N1CCC(C(=O)NCCCOCC2CC2)CC1. The highest BCUT2D eigenvalue weighted by molar-refractivity contribution is 7.89. The Labute approximate surface area is 177 Å². The van der Waals surface area contributed by atoms with Crippen LogP contribution in [0.3, 0.4) is 0 Å². The van der Waals surface area contributed by atoms with Crippen LogP contribution >= 0.6 is 0 Å². The summed E-state index contributed by atoms with van der Waals surface area (Å²) in [6.07, 6.45) is 4.13. The van der Waals surface area contributed by atoms with E-state index in [1.54, 1.807) is 6.92 Å². The van der Waals surface area contributed by atoms with Crippen LogP contribution in [0.2, 0.25) is 0 Å². The van der Waals surface area contributed by atoms with E-state index in [2.05, 4.69) is 5.32 Å². The molecule has 2 aliphatic rings. The van der Waals surface area contributed by atoms with Crippen LogP contribution in [0.5, 0.6) is 0 Å². The lowest BCUT2D eigenvalue weighted by molar-refractivity contribution is -0.385. The van der Waals surface area contributed by atoms with Gasteiger partial charge in [-0.15, -0.1) is 0 Å². The van der Waals surface area contributed by atoms with Gasteiger partial charge in [0, 0.05) is 50.9 Å². The molecule has 1 aliphatic heterocycles. The number of nitrogens with zero attached hydrogens (tertiary/aromatic N) is 2. The van der Waals surface area contributed by atoms with Gasteiger partial charge in [0.05, 0.1) is 9.82 Å². The second kappa shape index (κ2) is 9.84. The lowest BCUT2D eigenvalue weighted by Gasteiger charge is -2.30. The summed E-state index contributed by atoms with van der Waals surface area (Å²) < 4.78 is 32.8. The number of ether oxygens (including phenoxy) is 1. The van der Waals surface area contributed by atoms with Crippen molar-refractivity contribution >= 4 is 21.6 Å². The van der Waals surface area contributed by atoms with Crippen molar-refractivity contribution in [2.75, 3.05) is 32.8 Å². The number of carbonyl (C=O) groups excluding carboxylic acids is 1. The summed E-state index contributed by atoms with van der Waals surface area (Å²) in [6.45, 7) is 4.04. The van der Waals surface area contributed by atoms with Gasteiger partial charge in [0.2, 0.25) is 15.9 Å². The van der Waals surface area contributed by atoms with Crippen LogP contribution in [0, 0.1) is 28.9 Å². The normalized spacial score (nSPS) is 18.3. The standard InChI is InChI=1S/C20H29N3O6S/c1-15-3-6-18(23(25)26)13-19(15)30(27,28)22-10-7-17(8-11-22)20(24)21-9-2-12-29-14-16-4-5-16/h3,6,13,16-17H,2,4-5,7-12,14H2,1H3,(H,21,24). The van der Waals surface area contributed by atoms with E-state index in [1.807, 2.05) is 0 Å². The van der Waals surface area contributed by atoms with E-state index in [0.717, 1.165) is 25.0 Å². The molecule has 1 aliphatic carbocycles. The number of nitrogens with one attached hydrogen (secondary N) is 1. The average Bonchev–Trinajstić information content (AvgIpc) is 3.55. The van der Waals surface area contributed by atoms with E-state index >= 15 is 0 Å². The highest BCUT2D eigenvalue weighted by Crippen LogP contribution is 2.29. The van der Waals surface area contributed by atoms with E-state index in [9.17, 15) is 23.3 Å². The molecule has 1 saturated heterocycles. The Morgan fingerprint density at radius 2 is 1.97 bits per heavy atom. The van der Waals surface area contributed by atoms with Gasteiger partial charge in [0.1, 0.15) is 0 Å². The van der Waals surface area contributed by atoms with Gasteiger partial charge in [0.15, 0.2) is 0 Å². The van der Waals surface area contributed by atoms with Crippen LogP contribution in [0.25, 0.3) is 0 Å². The number of nitro groups is 1. The van der Waals surface area contributed by atoms with Crippen LogP contribution in [0.4, 0.5) is 5.69 Å². The molecule has 1 saturated carbocycles. The van der Waals surface area contributed by atoms with E-state index in [4.69, 9.17) is 4.74 Å². The molecule has 166 valence electrons. The molecule has 0 bridgehead atoms. The first-order valence-electron chi connectivity index (χ1n) is 10.4. The van der Waals surface area contributed by atoms with Gasteiger partial charge in [0.25, 0.3) is 5.69 Å². The maximum atomic E-state index is 13.0. The molecular formula is C20H29N3O6S. The highest BCUT2D eigenvalue weighted by Gasteiger charge is 2.33. The number of benzene rings is 1. The van der Waals surface area contributed by atoms with Gasteiger partial charge >= 0.3 is 0 Å². The lowest BCUT2D eigenvalue weighted by atomic mass is 9.97. The van der Waals surface area contributed by atoms with Crippen LogP contribution in [0.1, 0.15) is 37.7 Å². The predicted octanol–water partition coefficient (Wildman–Crippen LogP) is 2.24. The number of rotatable bonds is 10. The van der Waals surface area contributed by atoms with Gasteiger partial charge in [-0.3, -0.25) is 14.9 Å². The Morgan fingerprint density at radius 1 is 1.27 bits per heavy atom. The van der Waals surface area contributed by atoms with Crippen molar-refractivity contribution in [1.82, 2.24) is 9.62 Å². The second-order valence-electron chi connectivity index (χ2n) is 8.05. The summed E-state index contributed by atoms with van der Waals surface area (Å²) in [5, 5.41) is 13.9. The first-order chi connectivity index (χ1) is 14.3. The number of amides is 1. The topological polar surface area (TPSA) is 119 Å². The number of carbonyl (C=O) groups is 1. The van der Waals surface area contributed by atoms with Gasteiger partial charge in [-0.25, -0.2) is 8.42 Å². The third-order valence-electron chi connectivity index (χ3n) is 5.64. The van der Waals surface area contributed by atoms with E-state index < -0.39 is 14.9 Å². The maximum absolute atomic E-state index is 13.0. The fourth-order valence-electron chi connectivity index (χ4n) is 3.54. The quantitative estimate of drug-likeness (QED) is 0.339. The number of piperidine rings is 1. The van der Waals surface area contributed by atoms with Crippen LogP contribution in [0.15, 0.2) is 23.1 Å². The molecule has 1 amide bonds. The molecular weight excluding hydrogens is 410 g/mol. The molecule has 0 unspecified atom stereocenters. The van der Waals surface area contributed by atoms with Gasteiger partial charge in [-0.2, -0.15) is 4.31 Å². The van der Waals surface area contributed by atoms with Gasteiger partial charge in [-0.05, 0) is 50.5 Å². The van der Waals surface area contributed by atoms with E-state index in [0.29, 0.717) is 31.6 Å². The minimum absolute atomic E-state index is 0.0502. The Bertz CT molecular complexity index is 877. The number of nitro benzene ring substituents is 1. The third kappa shape index (κ3) is 5.77. The molecule has 0 aromatic heterocycles. The number of hydrogen-bond acceptors (Lipinski definition) is 6. The third-order valence-corrected chi connectivity index (χ3v) is 7.68. The Morgan fingerprint density at radius 3 is 2.60 bits per heavy atom. The van der Waals surface area contributed by atoms with Gasteiger partial charge in [-0.1, -0.05) is 6.07 Å². The molecule has 9 nitrogen and oxygen atoms in total. The summed E-state index contributed by atoms with van der Waals surface area (Å²) in [6, 6.07) is 3.84. The predicted molar refractivity (Wildman–Crippen MR) is 110 cm³/mol. The van der Waals surface area contributed by atoms with Crippen molar-refractivity contribution in [2.45, 2.75) is 43.9 Å². The summed E-state index contributed by atoms with van der Waals surface area (Å²) in [4.78, 5) is 22.7. The molecule has 30 heavy (non-hydrogen) atoms. The number of aryl methyl sites for hydroxylation is 1. The van der Waals surface area contributed by atoms with Crippen molar-refractivity contribution in [1.29, 1.82) is 0 Å². The Balaban J connectivity index is 1.47. The maximum Gasteiger partial charge on any atom is 0.270 e. The number of hydrogen-bond donors (Lipinski definition) is 1. The van der Waals surface area contributed by atoms with Crippen LogP contribution < -0.4 is 5.32 Å². The minimum atomic E-state index is -3.85. The molecule has 0 radical (unpaired) electrons. The summed E-state index contributed by atoms with van der Waals surface area (Å²) in [5.74, 6) is 0.447. The lowest BCUT2D eigenvalue weighted by Crippen LogP contribution is -2.43. The highest BCUT2D eigenvalue weighted by atomic mass is 32.2. The fraction of sp³-hybridized carbons (Fsp3) is 0.650. The summed E-state index contributed by atoms with van der Waals surface area (Å²) in [7, 11) is -3.85. The second-order valence-corrected chi connectivity index (χ2v) is 9.95. The van der Waals surface area contributed by atoms with Crippen molar-refractivity contribution in [3.63, 3.8) is 0 Å². The first-order valence-corrected chi connectivity index (χ1v) is 11.8. The monoisotopic (exact) mass is 439 g/mol. The number of sulfonamides is 1. The Kier molecular flexibility index (Phi) is 7.43. The van der Waals surface area contributed by atoms with E-state index in [-0.39, 0.29) is 35.5 Å². The molecule has 10 heteroatoms. The average molecular weight is 440 g/mol. The van der Waals surface area contributed by atoms with Crippen molar-refractivity contribution < 1.29 is 22.9 Å². The smallest absolute Gasteiger partial charge is 0.270 e. The summed E-state index contributed by atoms with van der Waals surface area (Å²) in [5.41, 5.74) is 0.207. The largest absolute Gasteiger partial charge is 0.381 e. The van der Waals surface area contributed by atoms with Crippen molar-refractivity contribution in [3.05, 3.63) is 33.9 Å². The molecule has 2 fully saturated rings. The minimum Gasteiger partial charge on any atom is -0.381 e. The molecule has 1 N–H and O–H groups in total. The molecule has 0 spiro atoms. The fourth-order valence-corrected chi connectivity index (χ4v) is 5.26. The number of non-ortho nitro benzene ring substituents is 1. The van der Waals surface area contributed by atoms with Crippen LogP contribution in [-0.2, 0) is 19.6 Å². The van der Waals surface area contributed by atoms with Crippen molar-refractivity contribution in [3.8, 4) is 0 Å². The first kappa shape index (κ1) is 22.6. The zero-order valence-electron chi connectivity index (χ0n) is 17.2. The Hall–Kier alpha value is -2.04. The molecule has 1 aromatic carbocycles. The summed E-state index contributed by atoms with van der Waals surface area (Å²) >= 11 is 0. The molecule has 0 atom stereocenters.